The highest BCUT2D eigenvalue weighted by atomic mass is 16.5. The highest BCUT2D eigenvalue weighted by Gasteiger charge is 2.22. The number of rotatable bonds is 56. The standard InChI is InChI=1S/C62H115N3O6/c1-4-7-10-13-16-19-22-25-28-31-34-37-40-45-56-69-60(66)49-53-64(54-50-61(67)70-57-46-41-38-35-32-29-26-23-20-17-14-11-8-5-2)65(59-48-43-44-52-63-59)55-51-62(68)71-58-47-42-39-36-33-30-27-24-21-18-15-12-9-6-3/h43-44,48,52H,4-42,45-47,49-51,53-58H2,1-3H3. The molecular formula is C62H115N3O6. The van der Waals surface area contributed by atoms with Gasteiger partial charge in [0.2, 0.25) is 0 Å². The summed E-state index contributed by atoms with van der Waals surface area (Å²) < 4.78 is 17.1. The highest BCUT2D eigenvalue weighted by molar-refractivity contribution is 5.71. The van der Waals surface area contributed by atoms with E-state index in [0.717, 1.165) is 38.5 Å². The van der Waals surface area contributed by atoms with Gasteiger partial charge < -0.3 is 14.2 Å². The first-order valence-corrected chi connectivity index (χ1v) is 30.9. The highest BCUT2D eigenvalue weighted by Crippen LogP contribution is 2.19. The lowest BCUT2D eigenvalue weighted by molar-refractivity contribution is -0.146. The van der Waals surface area contributed by atoms with E-state index in [0.29, 0.717) is 45.3 Å². The summed E-state index contributed by atoms with van der Waals surface area (Å²) in [5.41, 5.74) is 0. The molecule has 0 aliphatic carbocycles. The van der Waals surface area contributed by atoms with Crippen LogP contribution in [0.2, 0.25) is 0 Å². The maximum Gasteiger partial charge on any atom is 0.307 e. The van der Waals surface area contributed by atoms with E-state index >= 15 is 0 Å². The van der Waals surface area contributed by atoms with Gasteiger partial charge in [-0.3, -0.25) is 19.4 Å². The van der Waals surface area contributed by atoms with Gasteiger partial charge in [0.1, 0.15) is 5.82 Å². The maximum atomic E-state index is 13.1. The number of unbranched alkanes of at least 4 members (excludes halogenated alkanes) is 39. The Morgan fingerprint density at radius 2 is 0.606 bits per heavy atom. The third kappa shape index (κ3) is 45.7. The van der Waals surface area contributed by atoms with Crippen LogP contribution in [0.4, 0.5) is 5.82 Å². The number of ether oxygens (including phenoxy) is 3. The molecule has 0 spiro atoms. The van der Waals surface area contributed by atoms with Crippen molar-refractivity contribution >= 4 is 23.7 Å². The third-order valence-electron chi connectivity index (χ3n) is 14.2. The third-order valence-corrected chi connectivity index (χ3v) is 14.2. The molecule has 1 aromatic rings. The van der Waals surface area contributed by atoms with Crippen LogP contribution in [0.3, 0.4) is 0 Å². The van der Waals surface area contributed by atoms with Crippen LogP contribution in [-0.2, 0) is 28.6 Å². The van der Waals surface area contributed by atoms with Gasteiger partial charge in [0, 0.05) is 25.8 Å². The number of hydrogen-bond acceptors (Lipinski definition) is 9. The Morgan fingerprint density at radius 3 is 0.859 bits per heavy atom. The summed E-state index contributed by atoms with van der Waals surface area (Å²) in [5.74, 6) is -0.100. The molecule has 0 aliphatic heterocycles. The number of nitrogens with zero attached hydrogens (tertiary/aromatic N) is 3. The van der Waals surface area contributed by atoms with E-state index in [1.54, 1.807) is 6.20 Å². The summed E-state index contributed by atoms with van der Waals surface area (Å²) in [6.45, 7) is 9.08. The summed E-state index contributed by atoms with van der Waals surface area (Å²) in [6, 6.07) is 5.67. The number of hydrogen-bond donors (Lipinski definition) is 0. The predicted molar refractivity (Wildman–Crippen MR) is 301 cm³/mol. The largest absolute Gasteiger partial charge is 0.466 e. The second kappa shape index (κ2) is 53.6. The fourth-order valence-corrected chi connectivity index (χ4v) is 9.56. The van der Waals surface area contributed by atoms with Gasteiger partial charge in [-0.05, 0) is 31.4 Å². The lowest BCUT2D eigenvalue weighted by Crippen LogP contribution is -2.46. The molecule has 0 amide bonds. The molecule has 0 saturated carbocycles. The number of esters is 3. The van der Waals surface area contributed by atoms with Crippen LogP contribution in [0, 0.1) is 0 Å². The maximum absolute atomic E-state index is 13.1. The average Bonchev–Trinajstić information content (AvgIpc) is 3.38. The van der Waals surface area contributed by atoms with Gasteiger partial charge >= 0.3 is 17.9 Å². The molecule has 1 aromatic heterocycles. The lowest BCUT2D eigenvalue weighted by atomic mass is 10.0. The molecular weight excluding hydrogens is 883 g/mol. The number of carbonyl (C=O) groups excluding carboxylic acids is 3. The van der Waals surface area contributed by atoms with Crippen LogP contribution in [0.25, 0.3) is 0 Å². The molecule has 0 aromatic carbocycles. The van der Waals surface area contributed by atoms with Gasteiger partial charge in [-0.15, -0.1) is 0 Å². The van der Waals surface area contributed by atoms with E-state index in [1.807, 2.05) is 28.2 Å². The van der Waals surface area contributed by atoms with Crippen LogP contribution in [0.15, 0.2) is 24.4 Å². The molecule has 1 rings (SSSR count). The fourth-order valence-electron chi connectivity index (χ4n) is 9.56. The Labute approximate surface area is 439 Å². The van der Waals surface area contributed by atoms with Crippen molar-refractivity contribution in [3.8, 4) is 0 Å². The van der Waals surface area contributed by atoms with Crippen LogP contribution < -0.4 is 5.01 Å². The monoisotopic (exact) mass is 998 g/mol. The fraction of sp³-hybridized carbons (Fsp3) is 0.871. The van der Waals surface area contributed by atoms with E-state index < -0.39 is 0 Å². The Morgan fingerprint density at radius 1 is 0.352 bits per heavy atom. The minimum absolute atomic E-state index is 0.165. The molecule has 9 heteroatoms. The van der Waals surface area contributed by atoms with Gasteiger partial charge in [0.25, 0.3) is 0 Å². The van der Waals surface area contributed by atoms with E-state index in [2.05, 4.69) is 25.8 Å². The van der Waals surface area contributed by atoms with Crippen molar-refractivity contribution in [1.29, 1.82) is 0 Å². The summed E-state index contributed by atoms with van der Waals surface area (Å²) in [5, 5.41) is 3.89. The van der Waals surface area contributed by atoms with Crippen LogP contribution in [0.1, 0.15) is 310 Å². The van der Waals surface area contributed by atoms with Crippen molar-refractivity contribution in [3.63, 3.8) is 0 Å². The normalized spacial score (nSPS) is 11.4. The first kappa shape index (κ1) is 66.3. The first-order valence-electron chi connectivity index (χ1n) is 30.9. The molecule has 9 nitrogen and oxygen atoms in total. The molecule has 1 heterocycles. The molecule has 0 saturated heterocycles. The molecule has 0 N–H and O–H groups in total. The van der Waals surface area contributed by atoms with Crippen molar-refractivity contribution in [2.45, 2.75) is 310 Å². The summed E-state index contributed by atoms with van der Waals surface area (Å²) in [6.07, 6.45) is 56.2. The van der Waals surface area contributed by atoms with E-state index in [9.17, 15) is 14.4 Å². The van der Waals surface area contributed by atoms with Gasteiger partial charge in [-0.2, -0.15) is 0 Å². The molecule has 0 aliphatic rings. The van der Waals surface area contributed by atoms with Gasteiger partial charge in [0.15, 0.2) is 0 Å². The quantitative estimate of drug-likeness (QED) is 0.0273. The number of carbonyl (C=O) groups is 3. The van der Waals surface area contributed by atoms with E-state index in [1.165, 1.54) is 231 Å². The average molecular weight is 999 g/mol. The zero-order valence-electron chi connectivity index (χ0n) is 47.2. The van der Waals surface area contributed by atoms with Crippen molar-refractivity contribution in [2.24, 2.45) is 0 Å². The number of aromatic nitrogens is 1. The minimum Gasteiger partial charge on any atom is -0.466 e. The molecule has 0 radical (unpaired) electrons. The van der Waals surface area contributed by atoms with E-state index in [4.69, 9.17) is 14.2 Å². The first-order chi connectivity index (χ1) is 35.0. The smallest absolute Gasteiger partial charge is 0.307 e. The van der Waals surface area contributed by atoms with Crippen molar-refractivity contribution in [3.05, 3.63) is 24.4 Å². The number of pyridine rings is 1. The predicted octanol–water partition coefficient (Wildman–Crippen LogP) is 18.3. The van der Waals surface area contributed by atoms with Crippen LogP contribution >= 0.6 is 0 Å². The van der Waals surface area contributed by atoms with Gasteiger partial charge in [-0.1, -0.05) is 277 Å². The van der Waals surface area contributed by atoms with Gasteiger partial charge in [-0.25, -0.2) is 9.99 Å². The second-order valence-corrected chi connectivity index (χ2v) is 21.0. The molecule has 0 unspecified atom stereocenters. The molecule has 71 heavy (non-hydrogen) atoms. The van der Waals surface area contributed by atoms with Crippen molar-refractivity contribution in [2.75, 3.05) is 44.5 Å². The number of hydrazine groups is 1. The Hall–Kier alpha value is -2.68. The Bertz CT molecular complexity index is 1230. The van der Waals surface area contributed by atoms with Crippen molar-refractivity contribution in [1.82, 2.24) is 9.99 Å². The molecule has 0 atom stereocenters. The Balaban J connectivity index is 2.54. The van der Waals surface area contributed by atoms with E-state index in [-0.39, 0.29) is 37.2 Å². The Kier molecular flexibility index (Phi) is 50.1. The van der Waals surface area contributed by atoms with Crippen LogP contribution in [-0.4, -0.2) is 67.4 Å². The molecule has 0 bridgehead atoms. The topological polar surface area (TPSA) is 98.3 Å². The van der Waals surface area contributed by atoms with Gasteiger partial charge in [0.05, 0.1) is 39.1 Å². The minimum atomic E-state index is -0.251. The second-order valence-electron chi connectivity index (χ2n) is 21.0. The SMILES string of the molecule is CCCCCCCCCCCCCCCCOC(=O)CCN(CCC(=O)OCCCCCCCCCCCCCCCC)N(CCC(=O)OCCCCCCCCCCCCCCCC)c1ccccn1. The molecule has 0 fully saturated rings. The molecule has 414 valence electrons. The summed E-state index contributed by atoms with van der Waals surface area (Å²) >= 11 is 0. The summed E-state index contributed by atoms with van der Waals surface area (Å²) in [4.78, 5) is 43.9. The zero-order chi connectivity index (χ0) is 51.2. The van der Waals surface area contributed by atoms with Crippen molar-refractivity contribution < 1.29 is 28.6 Å². The zero-order valence-corrected chi connectivity index (χ0v) is 47.2. The number of anilines is 1. The summed E-state index contributed by atoms with van der Waals surface area (Å²) in [7, 11) is 0. The lowest BCUT2D eigenvalue weighted by Gasteiger charge is -2.35. The van der Waals surface area contributed by atoms with Crippen LogP contribution in [0.5, 0.6) is 0 Å².